The van der Waals surface area contributed by atoms with Gasteiger partial charge in [-0.3, -0.25) is 4.79 Å². The van der Waals surface area contributed by atoms with Crippen molar-refractivity contribution >= 4 is 5.91 Å². The lowest BCUT2D eigenvalue weighted by Gasteiger charge is -2.25. The third-order valence-electron chi connectivity index (χ3n) is 2.96. The summed E-state index contributed by atoms with van der Waals surface area (Å²) >= 11 is 0. The minimum Gasteiger partial charge on any atom is -0.457 e. The number of hydrogen-bond acceptors (Lipinski definition) is 2. The van der Waals surface area contributed by atoms with Gasteiger partial charge in [0.05, 0.1) is 5.92 Å². The van der Waals surface area contributed by atoms with Crippen LogP contribution >= 0.6 is 0 Å². The highest BCUT2D eigenvalue weighted by molar-refractivity contribution is 5.88. The minimum atomic E-state index is -0.420. The van der Waals surface area contributed by atoms with Crippen molar-refractivity contribution in [2.24, 2.45) is 5.73 Å². The maximum absolute atomic E-state index is 11.6. The molecule has 17 heavy (non-hydrogen) atoms. The van der Waals surface area contributed by atoms with Gasteiger partial charge in [0.2, 0.25) is 5.91 Å². The second kappa shape index (κ2) is 3.63. The molecule has 0 bridgehead atoms. The second-order valence-corrected chi connectivity index (χ2v) is 4.01. The number of hydrogen-bond donors (Lipinski definition) is 1. The Kier molecular flexibility index (Phi) is 2.11. The first-order valence-electron chi connectivity index (χ1n) is 5.42. The number of ether oxygens (including phenoxy) is 1. The van der Waals surface area contributed by atoms with Crippen LogP contribution in [-0.2, 0) is 4.79 Å². The van der Waals surface area contributed by atoms with E-state index in [-0.39, 0.29) is 5.91 Å². The summed E-state index contributed by atoms with van der Waals surface area (Å²) in [6, 6.07) is 15.0. The van der Waals surface area contributed by atoms with E-state index >= 15 is 0 Å². The van der Waals surface area contributed by atoms with E-state index in [1.54, 1.807) is 0 Å². The molecule has 84 valence electrons. The molecule has 3 nitrogen and oxygen atoms in total. The summed E-state index contributed by atoms with van der Waals surface area (Å²) < 4.78 is 5.75. The van der Waals surface area contributed by atoms with Gasteiger partial charge in [-0.2, -0.15) is 0 Å². The van der Waals surface area contributed by atoms with Crippen molar-refractivity contribution in [3.63, 3.8) is 0 Å². The lowest BCUT2D eigenvalue weighted by Crippen LogP contribution is -2.25. The number of fused-ring (bicyclic) bond motifs is 2. The number of para-hydroxylation sites is 2. The maximum Gasteiger partial charge on any atom is 0.229 e. The molecule has 1 amide bonds. The van der Waals surface area contributed by atoms with Gasteiger partial charge in [-0.25, -0.2) is 0 Å². The topological polar surface area (TPSA) is 52.3 Å². The third kappa shape index (κ3) is 1.47. The fraction of sp³-hybridized carbons (Fsp3) is 0.0714. The van der Waals surface area contributed by atoms with E-state index < -0.39 is 5.92 Å². The van der Waals surface area contributed by atoms with Gasteiger partial charge in [-0.1, -0.05) is 36.4 Å². The summed E-state index contributed by atoms with van der Waals surface area (Å²) in [5, 5.41) is 0. The van der Waals surface area contributed by atoms with E-state index in [1.807, 2.05) is 48.5 Å². The molecule has 1 aliphatic heterocycles. The Morgan fingerprint density at radius 1 is 0.941 bits per heavy atom. The van der Waals surface area contributed by atoms with Crippen molar-refractivity contribution in [3.8, 4) is 11.5 Å². The predicted octanol–water partition coefficient (Wildman–Crippen LogP) is 2.41. The normalized spacial score (nSPS) is 13.4. The molecule has 0 spiro atoms. The van der Waals surface area contributed by atoms with E-state index in [4.69, 9.17) is 10.5 Å². The molecular formula is C14H11NO2. The lowest BCUT2D eigenvalue weighted by molar-refractivity contribution is -0.118. The van der Waals surface area contributed by atoms with Crippen molar-refractivity contribution in [2.45, 2.75) is 5.92 Å². The molecule has 2 N–H and O–H groups in total. The monoisotopic (exact) mass is 225 g/mol. The Balaban J connectivity index is 2.24. The Labute approximate surface area is 98.8 Å². The molecule has 3 rings (SSSR count). The molecule has 0 radical (unpaired) electrons. The second-order valence-electron chi connectivity index (χ2n) is 4.01. The summed E-state index contributed by atoms with van der Waals surface area (Å²) in [6.45, 7) is 0. The zero-order valence-electron chi connectivity index (χ0n) is 9.09. The van der Waals surface area contributed by atoms with Crippen molar-refractivity contribution in [3.05, 3.63) is 59.7 Å². The predicted molar refractivity (Wildman–Crippen MR) is 64.0 cm³/mol. The molecular weight excluding hydrogens is 214 g/mol. The highest BCUT2D eigenvalue weighted by Crippen LogP contribution is 2.43. The molecule has 0 unspecified atom stereocenters. The summed E-state index contributed by atoms with van der Waals surface area (Å²) in [4.78, 5) is 11.6. The largest absolute Gasteiger partial charge is 0.457 e. The van der Waals surface area contributed by atoms with Crippen molar-refractivity contribution in [2.75, 3.05) is 0 Å². The number of nitrogens with two attached hydrogens (primary N) is 1. The first-order chi connectivity index (χ1) is 8.27. The molecule has 2 aromatic rings. The molecule has 1 aliphatic rings. The first-order valence-corrected chi connectivity index (χ1v) is 5.42. The summed E-state index contributed by atoms with van der Waals surface area (Å²) in [6.07, 6.45) is 0. The fourth-order valence-corrected chi connectivity index (χ4v) is 2.22. The molecule has 0 saturated carbocycles. The third-order valence-corrected chi connectivity index (χ3v) is 2.96. The van der Waals surface area contributed by atoms with Crippen LogP contribution in [0.3, 0.4) is 0 Å². The molecule has 0 aromatic heterocycles. The summed E-state index contributed by atoms with van der Waals surface area (Å²) in [7, 11) is 0. The van der Waals surface area contributed by atoms with Gasteiger partial charge in [0.25, 0.3) is 0 Å². The highest BCUT2D eigenvalue weighted by Gasteiger charge is 2.30. The van der Waals surface area contributed by atoms with Crippen LogP contribution in [-0.4, -0.2) is 5.91 Å². The molecule has 1 heterocycles. The van der Waals surface area contributed by atoms with Crippen LogP contribution in [0.1, 0.15) is 17.0 Å². The van der Waals surface area contributed by atoms with Crippen LogP contribution in [0, 0.1) is 0 Å². The Morgan fingerprint density at radius 3 is 1.88 bits per heavy atom. The van der Waals surface area contributed by atoms with Gasteiger partial charge < -0.3 is 10.5 Å². The Hall–Kier alpha value is -2.29. The maximum atomic E-state index is 11.6. The van der Waals surface area contributed by atoms with E-state index in [0.717, 1.165) is 11.1 Å². The van der Waals surface area contributed by atoms with Gasteiger partial charge in [-0.15, -0.1) is 0 Å². The number of carbonyl (C=O) groups excluding carboxylic acids is 1. The lowest BCUT2D eigenvalue weighted by atomic mass is 9.87. The zero-order chi connectivity index (χ0) is 11.8. The van der Waals surface area contributed by atoms with Crippen LogP contribution in [0.4, 0.5) is 0 Å². The average molecular weight is 225 g/mol. The average Bonchev–Trinajstić information content (AvgIpc) is 2.35. The Morgan fingerprint density at radius 2 is 1.41 bits per heavy atom. The van der Waals surface area contributed by atoms with Crippen molar-refractivity contribution in [1.29, 1.82) is 0 Å². The van der Waals surface area contributed by atoms with Gasteiger partial charge in [0.1, 0.15) is 11.5 Å². The number of amides is 1. The van der Waals surface area contributed by atoms with Crippen LogP contribution in [0.2, 0.25) is 0 Å². The molecule has 0 aliphatic carbocycles. The molecule has 0 fully saturated rings. The van der Waals surface area contributed by atoms with Crippen molar-refractivity contribution < 1.29 is 9.53 Å². The van der Waals surface area contributed by atoms with Gasteiger partial charge in [0, 0.05) is 11.1 Å². The van der Waals surface area contributed by atoms with Gasteiger partial charge in [0.15, 0.2) is 0 Å². The highest BCUT2D eigenvalue weighted by atomic mass is 16.5. The molecule has 0 atom stereocenters. The van der Waals surface area contributed by atoms with Gasteiger partial charge >= 0.3 is 0 Å². The Bertz CT molecular complexity index is 547. The number of rotatable bonds is 1. The van der Waals surface area contributed by atoms with E-state index in [9.17, 15) is 4.79 Å². The molecule has 0 saturated heterocycles. The number of carbonyl (C=O) groups is 1. The smallest absolute Gasteiger partial charge is 0.229 e. The molecule has 2 aromatic carbocycles. The summed E-state index contributed by atoms with van der Waals surface area (Å²) in [5.41, 5.74) is 7.17. The van der Waals surface area contributed by atoms with E-state index in [2.05, 4.69) is 0 Å². The van der Waals surface area contributed by atoms with Crippen LogP contribution in [0.15, 0.2) is 48.5 Å². The zero-order valence-corrected chi connectivity index (χ0v) is 9.09. The van der Waals surface area contributed by atoms with Crippen LogP contribution < -0.4 is 10.5 Å². The standard InChI is InChI=1S/C14H11NO2/c15-14(16)13-9-5-1-3-7-11(9)17-12-8-4-2-6-10(12)13/h1-8,13H,(H2,15,16). The number of benzene rings is 2. The fourth-order valence-electron chi connectivity index (χ4n) is 2.22. The number of primary amides is 1. The van der Waals surface area contributed by atoms with Crippen LogP contribution in [0.25, 0.3) is 0 Å². The van der Waals surface area contributed by atoms with E-state index in [0.29, 0.717) is 11.5 Å². The van der Waals surface area contributed by atoms with E-state index in [1.165, 1.54) is 0 Å². The minimum absolute atomic E-state index is 0.354. The molecule has 3 heteroatoms. The van der Waals surface area contributed by atoms with Gasteiger partial charge in [-0.05, 0) is 12.1 Å². The summed E-state index contributed by atoms with van der Waals surface area (Å²) in [5.74, 6) is 0.634. The first kappa shape index (κ1) is 9.90. The quantitative estimate of drug-likeness (QED) is 0.810. The van der Waals surface area contributed by atoms with Crippen molar-refractivity contribution in [1.82, 2.24) is 0 Å². The SMILES string of the molecule is NC(=O)C1c2ccccc2Oc2ccccc21. The van der Waals surface area contributed by atoms with Crippen LogP contribution in [0.5, 0.6) is 11.5 Å².